The van der Waals surface area contributed by atoms with Crippen molar-refractivity contribution in [1.29, 1.82) is 0 Å². The molecule has 0 bridgehead atoms. The molecule has 2 heterocycles. The molecule has 0 N–H and O–H groups in total. The third kappa shape index (κ3) is 4.32. The number of fused-ring (bicyclic) bond motifs is 1. The zero-order chi connectivity index (χ0) is 18.6. The average molecular weight is 378 g/mol. The fraction of sp³-hybridized carbons (Fsp3) is 0.579. The number of hydrogen-bond acceptors (Lipinski definition) is 4. The van der Waals surface area contributed by atoms with Gasteiger partial charge in [-0.1, -0.05) is 18.6 Å². The Morgan fingerprint density at radius 2 is 1.73 bits per heavy atom. The summed E-state index contributed by atoms with van der Waals surface area (Å²) in [7, 11) is -3.20. The zero-order valence-electron chi connectivity index (χ0n) is 15.0. The number of para-hydroxylation sites is 1. The third-order valence-corrected chi connectivity index (χ3v) is 7.07. The predicted molar refractivity (Wildman–Crippen MR) is 101 cm³/mol. The van der Waals surface area contributed by atoms with Crippen molar-refractivity contribution < 1.29 is 18.0 Å². The van der Waals surface area contributed by atoms with Crippen molar-refractivity contribution in [3.8, 4) is 0 Å². The molecule has 6 nitrogen and oxygen atoms in total. The van der Waals surface area contributed by atoms with E-state index in [1.165, 1.54) is 0 Å². The standard InChI is InChI=1S/C19H26N2O4S/c22-18-11-14-21(17-9-3-2-8-16(17)18)19(23)10-4-7-15-26(24,25)20-12-5-1-6-13-20/h2-3,8-9H,1,4-7,10-15H2. The molecule has 1 saturated heterocycles. The van der Waals surface area contributed by atoms with Gasteiger partial charge < -0.3 is 4.90 Å². The molecule has 26 heavy (non-hydrogen) atoms. The summed E-state index contributed by atoms with van der Waals surface area (Å²) in [5, 5.41) is 0. The fourth-order valence-electron chi connectivity index (χ4n) is 3.64. The largest absolute Gasteiger partial charge is 0.311 e. The van der Waals surface area contributed by atoms with Crippen LogP contribution in [0.5, 0.6) is 0 Å². The highest BCUT2D eigenvalue weighted by atomic mass is 32.2. The zero-order valence-corrected chi connectivity index (χ0v) is 15.8. The normalized spacial score (nSPS) is 18.6. The maximum Gasteiger partial charge on any atom is 0.227 e. The first-order valence-electron chi connectivity index (χ1n) is 9.39. The van der Waals surface area contributed by atoms with Crippen molar-refractivity contribution in [2.24, 2.45) is 0 Å². The molecule has 0 unspecified atom stereocenters. The van der Waals surface area contributed by atoms with Crippen LogP contribution in [-0.2, 0) is 14.8 Å². The molecule has 0 aliphatic carbocycles. The molecule has 3 rings (SSSR count). The summed E-state index contributed by atoms with van der Waals surface area (Å²) in [6.45, 7) is 1.65. The van der Waals surface area contributed by atoms with Crippen LogP contribution in [0.1, 0.15) is 55.3 Å². The highest BCUT2D eigenvalue weighted by Crippen LogP contribution is 2.27. The van der Waals surface area contributed by atoms with E-state index in [0.717, 1.165) is 19.3 Å². The van der Waals surface area contributed by atoms with Gasteiger partial charge in [-0.25, -0.2) is 12.7 Å². The number of Topliss-reactive ketones (excluding diaryl/α,β-unsaturated/α-hetero) is 1. The minimum absolute atomic E-state index is 0.0414. The number of nitrogens with zero attached hydrogens (tertiary/aromatic N) is 2. The maximum absolute atomic E-state index is 12.5. The molecule has 0 radical (unpaired) electrons. The molecular weight excluding hydrogens is 352 g/mol. The molecule has 2 aliphatic heterocycles. The van der Waals surface area contributed by atoms with E-state index in [-0.39, 0.29) is 17.4 Å². The van der Waals surface area contributed by atoms with Gasteiger partial charge in [-0.15, -0.1) is 0 Å². The summed E-state index contributed by atoms with van der Waals surface area (Å²) in [5.74, 6) is 0.132. The molecule has 0 atom stereocenters. The van der Waals surface area contributed by atoms with Gasteiger partial charge in [-0.2, -0.15) is 0 Å². The van der Waals surface area contributed by atoms with Crippen molar-refractivity contribution >= 4 is 27.4 Å². The van der Waals surface area contributed by atoms with Crippen LogP contribution in [0.15, 0.2) is 24.3 Å². The van der Waals surface area contributed by atoms with E-state index in [1.54, 1.807) is 27.4 Å². The Bertz CT molecular complexity index is 769. The minimum atomic E-state index is -3.20. The van der Waals surface area contributed by atoms with E-state index in [1.807, 2.05) is 6.07 Å². The Balaban J connectivity index is 1.50. The minimum Gasteiger partial charge on any atom is -0.311 e. The SMILES string of the molecule is O=C1CCN(C(=O)CCCCS(=O)(=O)N2CCCCC2)c2ccccc21. The number of benzene rings is 1. The highest BCUT2D eigenvalue weighted by molar-refractivity contribution is 7.89. The Hall–Kier alpha value is -1.73. The van der Waals surface area contributed by atoms with Crippen molar-refractivity contribution in [1.82, 2.24) is 4.31 Å². The first-order valence-corrected chi connectivity index (χ1v) is 11.0. The molecule has 7 heteroatoms. The van der Waals surface area contributed by atoms with Gasteiger partial charge in [-0.3, -0.25) is 9.59 Å². The molecule has 1 amide bonds. The Kier molecular flexibility index (Phi) is 6.09. The Labute approximate surface area is 155 Å². The second-order valence-electron chi connectivity index (χ2n) is 6.97. The quantitative estimate of drug-likeness (QED) is 0.713. The summed E-state index contributed by atoms with van der Waals surface area (Å²) in [6, 6.07) is 7.17. The van der Waals surface area contributed by atoms with Gasteiger partial charge in [0.05, 0.1) is 11.4 Å². The number of piperidine rings is 1. The number of carbonyl (C=O) groups is 2. The second-order valence-corrected chi connectivity index (χ2v) is 9.06. The van der Waals surface area contributed by atoms with Crippen LogP contribution in [0.25, 0.3) is 0 Å². The third-order valence-electron chi connectivity index (χ3n) is 5.11. The highest BCUT2D eigenvalue weighted by Gasteiger charge is 2.27. The number of ketones is 1. The van der Waals surface area contributed by atoms with Gasteiger partial charge in [0.2, 0.25) is 15.9 Å². The van der Waals surface area contributed by atoms with Gasteiger partial charge in [0.15, 0.2) is 5.78 Å². The van der Waals surface area contributed by atoms with E-state index in [9.17, 15) is 18.0 Å². The van der Waals surface area contributed by atoms with Crippen molar-refractivity contribution in [2.45, 2.75) is 44.9 Å². The molecule has 1 fully saturated rings. The molecule has 1 aromatic rings. The monoisotopic (exact) mass is 378 g/mol. The molecule has 142 valence electrons. The van der Waals surface area contributed by atoms with Crippen LogP contribution in [0.2, 0.25) is 0 Å². The lowest BCUT2D eigenvalue weighted by Gasteiger charge is -2.29. The average Bonchev–Trinajstić information content (AvgIpc) is 2.66. The molecular formula is C19H26N2O4S. The summed E-state index contributed by atoms with van der Waals surface area (Å²) in [6.07, 6.45) is 4.64. The maximum atomic E-state index is 12.5. The van der Waals surface area contributed by atoms with Crippen LogP contribution in [-0.4, -0.2) is 49.8 Å². The van der Waals surface area contributed by atoms with E-state index < -0.39 is 10.0 Å². The van der Waals surface area contributed by atoms with Gasteiger partial charge in [0.25, 0.3) is 0 Å². The Morgan fingerprint density at radius 3 is 2.50 bits per heavy atom. The van der Waals surface area contributed by atoms with E-state index >= 15 is 0 Å². The number of unbranched alkanes of at least 4 members (excludes halogenated alkanes) is 1. The molecule has 0 spiro atoms. The number of amides is 1. The van der Waals surface area contributed by atoms with E-state index in [4.69, 9.17) is 0 Å². The van der Waals surface area contributed by atoms with Crippen molar-refractivity contribution in [2.75, 3.05) is 30.3 Å². The lowest BCUT2D eigenvalue weighted by Crippen LogP contribution is -2.38. The van der Waals surface area contributed by atoms with Crippen molar-refractivity contribution in [3.05, 3.63) is 29.8 Å². The molecule has 2 aliphatic rings. The summed E-state index contributed by atoms with van der Waals surface area (Å²) in [4.78, 5) is 26.2. The van der Waals surface area contributed by atoms with Crippen molar-refractivity contribution in [3.63, 3.8) is 0 Å². The van der Waals surface area contributed by atoms with E-state index in [2.05, 4.69) is 0 Å². The summed E-state index contributed by atoms with van der Waals surface area (Å²) >= 11 is 0. The Morgan fingerprint density at radius 1 is 1.00 bits per heavy atom. The van der Waals surface area contributed by atoms with Crippen LogP contribution >= 0.6 is 0 Å². The van der Waals surface area contributed by atoms with Gasteiger partial charge in [0.1, 0.15) is 0 Å². The lowest BCUT2D eigenvalue weighted by molar-refractivity contribution is -0.118. The number of anilines is 1. The number of sulfonamides is 1. The number of hydrogen-bond donors (Lipinski definition) is 0. The van der Waals surface area contributed by atoms with E-state index in [0.29, 0.717) is 56.6 Å². The van der Waals surface area contributed by atoms with Crippen LogP contribution in [0.4, 0.5) is 5.69 Å². The van der Waals surface area contributed by atoms with Crippen LogP contribution < -0.4 is 4.90 Å². The fourth-order valence-corrected chi connectivity index (χ4v) is 5.28. The second kappa shape index (κ2) is 8.31. The summed E-state index contributed by atoms with van der Waals surface area (Å²) in [5.41, 5.74) is 1.27. The van der Waals surface area contributed by atoms with Crippen LogP contribution in [0, 0.1) is 0 Å². The predicted octanol–water partition coefficient (Wildman–Crippen LogP) is 2.59. The van der Waals surface area contributed by atoms with Gasteiger partial charge >= 0.3 is 0 Å². The molecule has 1 aromatic carbocycles. The lowest BCUT2D eigenvalue weighted by atomic mass is 10.00. The van der Waals surface area contributed by atoms with Crippen LogP contribution in [0.3, 0.4) is 0 Å². The molecule has 0 saturated carbocycles. The first kappa shape index (κ1) is 19.0. The summed E-state index contributed by atoms with van der Waals surface area (Å²) < 4.78 is 26.2. The molecule has 0 aromatic heterocycles. The number of rotatable bonds is 6. The topological polar surface area (TPSA) is 74.8 Å². The van der Waals surface area contributed by atoms with Gasteiger partial charge in [0, 0.05) is 38.0 Å². The van der Waals surface area contributed by atoms with Gasteiger partial charge in [-0.05, 0) is 37.8 Å². The number of carbonyl (C=O) groups excluding carboxylic acids is 2. The smallest absolute Gasteiger partial charge is 0.227 e. The first-order chi connectivity index (χ1) is 12.5.